The van der Waals surface area contributed by atoms with Crippen molar-refractivity contribution in [3.63, 3.8) is 0 Å². The van der Waals surface area contributed by atoms with Crippen molar-refractivity contribution >= 4 is 16.9 Å². The van der Waals surface area contributed by atoms with E-state index in [-0.39, 0.29) is 12.5 Å². The molecule has 2 rings (SSSR count). The number of aryl methyl sites for hydroxylation is 1. The highest BCUT2D eigenvalue weighted by Gasteiger charge is 2.06. The van der Waals surface area contributed by atoms with Crippen LogP contribution in [0.2, 0.25) is 0 Å². The average Bonchev–Trinajstić information content (AvgIpc) is 2.97. The van der Waals surface area contributed by atoms with Crippen LogP contribution in [0, 0.1) is 12.8 Å². The summed E-state index contributed by atoms with van der Waals surface area (Å²) in [7, 11) is 0. The standard InChI is InChI=1S/C18H28N4O/c1-4-19-18(22-10-13(2)12-23)20-9-8-15-11-21-17-14(3)6-5-7-16(15)17/h5-7,11,13,21,23H,4,8-10,12H2,1-3H3,(H2,19,20,22). The zero-order valence-corrected chi connectivity index (χ0v) is 14.3. The van der Waals surface area contributed by atoms with Crippen LogP contribution >= 0.6 is 0 Å². The second kappa shape index (κ2) is 8.58. The molecule has 0 saturated heterocycles. The molecule has 1 aromatic heterocycles. The third-order valence-electron chi connectivity index (χ3n) is 3.91. The first-order chi connectivity index (χ1) is 11.2. The molecule has 0 radical (unpaired) electrons. The summed E-state index contributed by atoms with van der Waals surface area (Å²) in [6.07, 6.45) is 3.03. The number of nitrogens with one attached hydrogen (secondary N) is 3. The normalized spacial score (nSPS) is 13.3. The van der Waals surface area contributed by atoms with E-state index >= 15 is 0 Å². The van der Waals surface area contributed by atoms with Crippen LogP contribution in [0.25, 0.3) is 10.9 Å². The Balaban J connectivity index is 1.94. The fourth-order valence-electron chi connectivity index (χ4n) is 2.53. The average molecular weight is 316 g/mol. The number of guanidine groups is 1. The smallest absolute Gasteiger partial charge is 0.191 e. The van der Waals surface area contributed by atoms with Gasteiger partial charge in [-0.15, -0.1) is 0 Å². The highest BCUT2D eigenvalue weighted by molar-refractivity contribution is 5.86. The SMILES string of the molecule is CCNC(=NCC(C)CO)NCCc1c[nH]c2c(C)cccc12. The molecule has 0 aliphatic heterocycles. The minimum absolute atomic E-state index is 0.164. The Morgan fingerprint density at radius 3 is 2.91 bits per heavy atom. The van der Waals surface area contributed by atoms with Gasteiger partial charge in [-0.3, -0.25) is 4.99 Å². The number of benzene rings is 1. The summed E-state index contributed by atoms with van der Waals surface area (Å²) >= 11 is 0. The molecule has 0 fully saturated rings. The molecule has 0 saturated carbocycles. The third-order valence-corrected chi connectivity index (χ3v) is 3.91. The molecule has 5 nitrogen and oxygen atoms in total. The number of para-hydroxylation sites is 1. The van der Waals surface area contributed by atoms with E-state index in [1.165, 1.54) is 22.0 Å². The molecular formula is C18H28N4O. The molecule has 1 heterocycles. The number of rotatable bonds is 7. The van der Waals surface area contributed by atoms with Crippen molar-refractivity contribution in [2.75, 3.05) is 26.2 Å². The van der Waals surface area contributed by atoms with E-state index in [9.17, 15) is 0 Å². The lowest BCUT2D eigenvalue weighted by atomic mass is 10.1. The van der Waals surface area contributed by atoms with Crippen molar-refractivity contribution < 1.29 is 5.11 Å². The van der Waals surface area contributed by atoms with E-state index in [1.807, 2.05) is 6.92 Å². The molecule has 0 aliphatic carbocycles. The van der Waals surface area contributed by atoms with Crippen LogP contribution in [0.3, 0.4) is 0 Å². The summed E-state index contributed by atoms with van der Waals surface area (Å²) in [6.45, 7) is 8.59. The van der Waals surface area contributed by atoms with Crippen molar-refractivity contribution in [2.45, 2.75) is 27.2 Å². The van der Waals surface area contributed by atoms with Gasteiger partial charge >= 0.3 is 0 Å². The second-order valence-electron chi connectivity index (χ2n) is 6.00. The van der Waals surface area contributed by atoms with E-state index in [1.54, 1.807) is 0 Å². The number of fused-ring (bicyclic) bond motifs is 1. The molecule has 0 amide bonds. The van der Waals surface area contributed by atoms with Crippen LogP contribution in [0.1, 0.15) is 25.0 Å². The lowest BCUT2D eigenvalue weighted by Gasteiger charge is -2.12. The van der Waals surface area contributed by atoms with Crippen LogP contribution in [0.15, 0.2) is 29.4 Å². The Morgan fingerprint density at radius 2 is 2.17 bits per heavy atom. The van der Waals surface area contributed by atoms with Crippen molar-refractivity contribution in [2.24, 2.45) is 10.9 Å². The van der Waals surface area contributed by atoms with Crippen molar-refractivity contribution in [3.8, 4) is 0 Å². The van der Waals surface area contributed by atoms with Crippen LogP contribution in [-0.4, -0.2) is 42.3 Å². The first kappa shape index (κ1) is 17.3. The van der Waals surface area contributed by atoms with E-state index < -0.39 is 0 Å². The fraction of sp³-hybridized carbons (Fsp3) is 0.500. The molecule has 1 aromatic carbocycles. The topological polar surface area (TPSA) is 72.4 Å². The number of hydrogen-bond acceptors (Lipinski definition) is 2. The number of H-pyrrole nitrogens is 1. The van der Waals surface area contributed by atoms with Gasteiger partial charge < -0.3 is 20.7 Å². The minimum Gasteiger partial charge on any atom is -0.396 e. The lowest BCUT2D eigenvalue weighted by molar-refractivity contribution is 0.241. The summed E-state index contributed by atoms with van der Waals surface area (Å²) in [5.74, 6) is 0.992. The maximum Gasteiger partial charge on any atom is 0.191 e. The van der Waals surface area contributed by atoms with Crippen molar-refractivity contribution in [1.82, 2.24) is 15.6 Å². The van der Waals surface area contributed by atoms with Gasteiger partial charge in [0.25, 0.3) is 0 Å². The number of aliphatic hydroxyl groups excluding tert-OH is 1. The zero-order valence-electron chi connectivity index (χ0n) is 14.3. The Labute approximate surface area is 138 Å². The van der Waals surface area contributed by atoms with Gasteiger partial charge in [-0.1, -0.05) is 25.1 Å². The van der Waals surface area contributed by atoms with Crippen LogP contribution in [0.4, 0.5) is 0 Å². The molecule has 4 N–H and O–H groups in total. The Morgan fingerprint density at radius 1 is 1.35 bits per heavy atom. The fourth-order valence-corrected chi connectivity index (χ4v) is 2.53. The van der Waals surface area contributed by atoms with E-state index in [4.69, 9.17) is 5.11 Å². The zero-order chi connectivity index (χ0) is 16.7. The number of aliphatic hydroxyl groups is 1. The van der Waals surface area contributed by atoms with Crippen LogP contribution in [-0.2, 0) is 6.42 Å². The first-order valence-corrected chi connectivity index (χ1v) is 8.34. The first-order valence-electron chi connectivity index (χ1n) is 8.34. The Bertz CT molecular complexity index is 648. The predicted octanol–water partition coefficient (Wildman–Crippen LogP) is 2.20. The van der Waals surface area contributed by atoms with Gasteiger partial charge in [-0.05, 0) is 37.3 Å². The van der Waals surface area contributed by atoms with Gasteiger partial charge in [-0.2, -0.15) is 0 Å². The number of aromatic amines is 1. The summed E-state index contributed by atoms with van der Waals surface area (Å²) in [4.78, 5) is 7.87. The largest absolute Gasteiger partial charge is 0.396 e. The van der Waals surface area contributed by atoms with Gasteiger partial charge in [0.1, 0.15) is 0 Å². The molecule has 2 aromatic rings. The molecular weight excluding hydrogens is 288 g/mol. The second-order valence-corrected chi connectivity index (χ2v) is 6.00. The van der Waals surface area contributed by atoms with Crippen molar-refractivity contribution in [3.05, 3.63) is 35.5 Å². The molecule has 126 valence electrons. The highest BCUT2D eigenvalue weighted by atomic mass is 16.3. The molecule has 23 heavy (non-hydrogen) atoms. The van der Waals surface area contributed by atoms with Crippen LogP contribution in [0.5, 0.6) is 0 Å². The number of aliphatic imine (C=N–C) groups is 1. The highest BCUT2D eigenvalue weighted by Crippen LogP contribution is 2.21. The van der Waals surface area contributed by atoms with Gasteiger partial charge in [0.05, 0.1) is 0 Å². The van der Waals surface area contributed by atoms with E-state index in [2.05, 4.69) is 58.9 Å². The predicted molar refractivity (Wildman–Crippen MR) is 97.0 cm³/mol. The lowest BCUT2D eigenvalue weighted by Crippen LogP contribution is -2.38. The third kappa shape index (κ3) is 4.73. The summed E-state index contributed by atoms with van der Waals surface area (Å²) < 4.78 is 0. The monoisotopic (exact) mass is 316 g/mol. The van der Waals surface area contributed by atoms with Gasteiger partial charge in [0.2, 0.25) is 0 Å². The Hall–Kier alpha value is -2.01. The van der Waals surface area contributed by atoms with Gasteiger partial charge in [0.15, 0.2) is 5.96 Å². The quantitative estimate of drug-likeness (QED) is 0.467. The summed E-state index contributed by atoms with van der Waals surface area (Å²) in [5.41, 5.74) is 3.81. The minimum atomic E-state index is 0.164. The maximum absolute atomic E-state index is 9.09. The summed E-state index contributed by atoms with van der Waals surface area (Å²) in [6, 6.07) is 6.39. The maximum atomic E-state index is 9.09. The Kier molecular flexibility index (Phi) is 6.47. The van der Waals surface area contributed by atoms with Crippen molar-refractivity contribution in [1.29, 1.82) is 0 Å². The van der Waals surface area contributed by atoms with E-state index in [0.717, 1.165) is 25.5 Å². The molecule has 0 aliphatic rings. The number of aromatic nitrogens is 1. The molecule has 5 heteroatoms. The molecule has 1 unspecified atom stereocenters. The van der Waals surface area contributed by atoms with Gasteiger partial charge in [-0.25, -0.2) is 0 Å². The summed E-state index contributed by atoms with van der Waals surface area (Å²) in [5, 5.41) is 17.0. The van der Waals surface area contributed by atoms with Crippen LogP contribution < -0.4 is 10.6 Å². The van der Waals surface area contributed by atoms with Gasteiger partial charge in [0, 0.05) is 43.3 Å². The van der Waals surface area contributed by atoms with E-state index in [0.29, 0.717) is 6.54 Å². The molecule has 0 bridgehead atoms. The molecule has 0 spiro atoms. The molecule has 1 atom stereocenters. The number of hydrogen-bond donors (Lipinski definition) is 4. The number of nitrogens with zero attached hydrogens (tertiary/aromatic N) is 1.